The van der Waals surface area contributed by atoms with Crippen LogP contribution in [-0.4, -0.2) is 42.2 Å². The van der Waals surface area contributed by atoms with E-state index in [9.17, 15) is 9.90 Å². The number of anilines is 1. The molecule has 0 atom stereocenters. The minimum absolute atomic E-state index is 0.0472. The van der Waals surface area contributed by atoms with Crippen LogP contribution in [0, 0.1) is 0 Å². The molecule has 0 saturated carbocycles. The van der Waals surface area contributed by atoms with Crippen molar-refractivity contribution in [2.24, 2.45) is 0 Å². The second-order valence-electron chi connectivity index (χ2n) is 4.69. The van der Waals surface area contributed by atoms with Crippen molar-refractivity contribution in [3.05, 3.63) is 18.2 Å². The lowest BCUT2D eigenvalue weighted by Gasteiger charge is -2.21. The number of amides is 1. The normalized spacial score (nSPS) is 15.8. The Morgan fingerprint density at radius 3 is 2.95 bits per heavy atom. The van der Waals surface area contributed by atoms with Crippen molar-refractivity contribution in [1.82, 2.24) is 5.32 Å². The summed E-state index contributed by atoms with van der Waals surface area (Å²) in [7, 11) is 1.55. The molecule has 1 aliphatic heterocycles. The summed E-state index contributed by atoms with van der Waals surface area (Å²) >= 11 is 1.68. The Hall–Kier alpha value is -1.40. The highest BCUT2D eigenvalue weighted by molar-refractivity contribution is 8.00. The van der Waals surface area contributed by atoms with Gasteiger partial charge in [0.1, 0.15) is 11.5 Å². The first-order valence-electron chi connectivity index (χ1n) is 6.68. The second-order valence-corrected chi connectivity index (χ2v) is 5.98. The maximum atomic E-state index is 11.9. The molecule has 0 bridgehead atoms. The topological polar surface area (TPSA) is 70.6 Å². The Kier molecular flexibility index (Phi) is 5.55. The first-order chi connectivity index (χ1) is 9.69. The van der Waals surface area contributed by atoms with Gasteiger partial charge in [-0.25, -0.2) is 0 Å². The molecule has 110 valence electrons. The Morgan fingerprint density at radius 1 is 1.50 bits per heavy atom. The molecular weight excluding hydrogens is 276 g/mol. The Morgan fingerprint density at radius 2 is 2.25 bits per heavy atom. The highest BCUT2D eigenvalue weighted by atomic mass is 32.2. The highest BCUT2D eigenvalue weighted by Gasteiger charge is 2.15. The number of hydrogen-bond donors (Lipinski definition) is 3. The first kappa shape index (κ1) is 15.0. The van der Waals surface area contributed by atoms with Crippen LogP contribution in [-0.2, 0) is 4.79 Å². The number of nitrogens with one attached hydrogen (secondary N) is 2. The molecule has 0 spiro atoms. The molecule has 0 radical (unpaired) electrons. The number of piperidine rings is 1. The fraction of sp³-hybridized carbons (Fsp3) is 0.500. The molecule has 1 heterocycles. The molecule has 3 N–H and O–H groups in total. The first-order valence-corrected chi connectivity index (χ1v) is 7.73. The Labute approximate surface area is 123 Å². The van der Waals surface area contributed by atoms with Crippen molar-refractivity contribution in [3.8, 4) is 11.5 Å². The maximum absolute atomic E-state index is 11.9. The van der Waals surface area contributed by atoms with Crippen molar-refractivity contribution in [2.45, 2.75) is 18.1 Å². The average molecular weight is 296 g/mol. The average Bonchev–Trinajstić information content (AvgIpc) is 2.48. The van der Waals surface area contributed by atoms with E-state index in [4.69, 9.17) is 4.74 Å². The molecule has 1 aliphatic rings. The minimum Gasteiger partial charge on any atom is -0.506 e. The predicted octanol–water partition coefficient (Wildman–Crippen LogP) is 1.82. The highest BCUT2D eigenvalue weighted by Crippen LogP contribution is 2.28. The van der Waals surface area contributed by atoms with E-state index in [1.807, 2.05) is 0 Å². The van der Waals surface area contributed by atoms with Crippen LogP contribution in [0.25, 0.3) is 0 Å². The summed E-state index contributed by atoms with van der Waals surface area (Å²) in [5, 5.41) is 16.3. The molecule has 1 saturated heterocycles. The summed E-state index contributed by atoms with van der Waals surface area (Å²) in [4.78, 5) is 11.9. The van der Waals surface area contributed by atoms with Crippen molar-refractivity contribution in [1.29, 1.82) is 0 Å². The molecule has 0 unspecified atom stereocenters. The van der Waals surface area contributed by atoms with Gasteiger partial charge in [-0.05, 0) is 38.1 Å². The van der Waals surface area contributed by atoms with Crippen LogP contribution in [0.1, 0.15) is 12.8 Å². The number of phenolic OH excluding ortho intramolecular Hbond substituents is 1. The van der Waals surface area contributed by atoms with E-state index >= 15 is 0 Å². The lowest BCUT2D eigenvalue weighted by atomic mass is 10.2. The van der Waals surface area contributed by atoms with Gasteiger partial charge in [0.25, 0.3) is 0 Å². The van der Waals surface area contributed by atoms with Gasteiger partial charge in [0.15, 0.2) is 0 Å². The molecule has 1 amide bonds. The van der Waals surface area contributed by atoms with Gasteiger partial charge >= 0.3 is 0 Å². The number of methoxy groups -OCH3 is 1. The Balaban J connectivity index is 1.84. The van der Waals surface area contributed by atoms with Crippen LogP contribution < -0.4 is 15.4 Å². The number of phenols is 1. The van der Waals surface area contributed by atoms with Crippen LogP contribution in [0.4, 0.5) is 5.69 Å². The van der Waals surface area contributed by atoms with E-state index in [1.165, 1.54) is 6.07 Å². The number of hydrogen-bond acceptors (Lipinski definition) is 5. The van der Waals surface area contributed by atoms with Gasteiger partial charge in [-0.15, -0.1) is 11.8 Å². The van der Waals surface area contributed by atoms with E-state index in [0.717, 1.165) is 25.9 Å². The van der Waals surface area contributed by atoms with Crippen LogP contribution in [0.5, 0.6) is 11.5 Å². The molecule has 1 aromatic carbocycles. The van der Waals surface area contributed by atoms with Crippen molar-refractivity contribution < 1.29 is 14.6 Å². The number of benzene rings is 1. The van der Waals surface area contributed by atoms with Gasteiger partial charge in [-0.3, -0.25) is 4.79 Å². The van der Waals surface area contributed by atoms with Crippen LogP contribution in [0.15, 0.2) is 18.2 Å². The van der Waals surface area contributed by atoms with Crippen molar-refractivity contribution in [3.63, 3.8) is 0 Å². The number of carbonyl (C=O) groups excluding carboxylic acids is 1. The minimum atomic E-state index is -0.0999. The van der Waals surface area contributed by atoms with Gasteiger partial charge in [0.2, 0.25) is 5.91 Å². The van der Waals surface area contributed by atoms with E-state index < -0.39 is 0 Å². The van der Waals surface area contributed by atoms with E-state index in [1.54, 1.807) is 31.0 Å². The number of carbonyl (C=O) groups is 1. The van der Waals surface area contributed by atoms with Crippen LogP contribution >= 0.6 is 11.8 Å². The monoisotopic (exact) mass is 296 g/mol. The van der Waals surface area contributed by atoms with Crippen LogP contribution in [0.3, 0.4) is 0 Å². The third-order valence-corrected chi connectivity index (χ3v) is 4.59. The summed E-state index contributed by atoms with van der Waals surface area (Å²) < 4.78 is 5.07. The molecule has 5 nitrogen and oxygen atoms in total. The van der Waals surface area contributed by atoms with E-state index in [-0.39, 0.29) is 11.7 Å². The molecule has 1 aromatic rings. The maximum Gasteiger partial charge on any atom is 0.234 e. The smallest absolute Gasteiger partial charge is 0.234 e. The van der Waals surface area contributed by atoms with Gasteiger partial charge in [-0.1, -0.05) is 0 Å². The largest absolute Gasteiger partial charge is 0.506 e. The zero-order valence-corrected chi connectivity index (χ0v) is 12.3. The van der Waals surface area contributed by atoms with Gasteiger partial charge < -0.3 is 20.5 Å². The standard InChI is InChI=1S/C14H20N2O3S/c1-19-10-2-3-13(17)12(8-10)16-14(18)9-20-11-4-6-15-7-5-11/h2-3,8,11,15,17H,4-7,9H2,1H3,(H,16,18). The zero-order chi connectivity index (χ0) is 14.4. The third-order valence-electron chi connectivity index (χ3n) is 3.21. The molecule has 0 aliphatic carbocycles. The number of aromatic hydroxyl groups is 1. The van der Waals surface area contributed by atoms with E-state index in [2.05, 4.69) is 10.6 Å². The zero-order valence-electron chi connectivity index (χ0n) is 11.5. The van der Waals surface area contributed by atoms with Crippen molar-refractivity contribution >= 4 is 23.4 Å². The Bertz CT molecular complexity index is 462. The number of thioether (sulfide) groups is 1. The molecular formula is C14H20N2O3S. The van der Waals surface area contributed by atoms with Gasteiger partial charge in [-0.2, -0.15) is 0 Å². The number of ether oxygens (including phenoxy) is 1. The molecule has 1 fully saturated rings. The third kappa shape index (κ3) is 4.31. The molecule has 6 heteroatoms. The quantitative estimate of drug-likeness (QED) is 0.723. The summed E-state index contributed by atoms with van der Waals surface area (Å²) in [5.41, 5.74) is 0.389. The fourth-order valence-electron chi connectivity index (χ4n) is 2.08. The second kappa shape index (κ2) is 7.40. The number of rotatable bonds is 5. The molecule has 0 aromatic heterocycles. The molecule has 20 heavy (non-hydrogen) atoms. The van der Waals surface area contributed by atoms with Gasteiger partial charge in [0.05, 0.1) is 18.6 Å². The van der Waals surface area contributed by atoms with Crippen LogP contribution in [0.2, 0.25) is 0 Å². The molecule has 2 rings (SSSR count). The van der Waals surface area contributed by atoms with Gasteiger partial charge in [0, 0.05) is 11.3 Å². The summed E-state index contributed by atoms with van der Waals surface area (Å²) in [6, 6.07) is 4.77. The summed E-state index contributed by atoms with van der Waals surface area (Å²) in [6.07, 6.45) is 2.20. The lowest BCUT2D eigenvalue weighted by molar-refractivity contribution is -0.113. The summed E-state index contributed by atoms with van der Waals surface area (Å²) in [5.74, 6) is 0.952. The SMILES string of the molecule is COc1ccc(O)c(NC(=O)CSC2CCNCC2)c1. The summed E-state index contributed by atoms with van der Waals surface area (Å²) in [6.45, 7) is 2.05. The fourth-order valence-corrected chi connectivity index (χ4v) is 3.11. The van der Waals surface area contributed by atoms with E-state index in [0.29, 0.717) is 22.4 Å². The predicted molar refractivity (Wildman–Crippen MR) is 81.6 cm³/mol. The lowest BCUT2D eigenvalue weighted by Crippen LogP contribution is -2.30. The van der Waals surface area contributed by atoms with Crippen molar-refractivity contribution in [2.75, 3.05) is 31.3 Å².